The van der Waals surface area contributed by atoms with Gasteiger partial charge in [-0.1, -0.05) is 34.1 Å². The van der Waals surface area contributed by atoms with Crippen molar-refractivity contribution in [1.82, 2.24) is 9.78 Å². The van der Waals surface area contributed by atoms with Crippen LogP contribution in [0.1, 0.15) is 0 Å². The van der Waals surface area contributed by atoms with E-state index >= 15 is 0 Å². The van der Waals surface area contributed by atoms with Gasteiger partial charge in [0.1, 0.15) is 6.54 Å². The van der Waals surface area contributed by atoms with E-state index < -0.39 is 0 Å². The molecule has 0 aliphatic rings. The molecule has 0 aliphatic carbocycles. The van der Waals surface area contributed by atoms with E-state index in [1.807, 2.05) is 43.3 Å². The van der Waals surface area contributed by atoms with Crippen molar-refractivity contribution in [3.8, 4) is 0 Å². The van der Waals surface area contributed by atoms with E-state index in [-0.39, 0.29) is 18.0 Å². The van der Waals surface area contributed by atoms with Crippen LogP contribution in [0.3, 0.4) is 0 Å². The Bertz CT molecular complexity index is 981. The summed E-state index contributed by atoms with van der Waals surface area (Å²) in [6.45, 7) is -0.152. The third-order valence-corrected chi connectivity index (χ3v) is 4.22. The quantitative estimate of drug-likeness (QED) is 0.730. The van der Waals surface area contributed by atoms with Gasteiger partial charge in [0, 0.05) is 29.6 Å². The number of carbonyl (C=O) groups is 1. The lowest BCUT2D eigenvalue weighted by Gasteiger charge is -2.16. The summed E-state index contributed by atoms with van der Waals surface area (Å²) in [5.41, 5.74) is 0.377. The molecule has 1 aromatic heterocycles. The highest BCUT2D eigenvalue weighted by Gasteiger charge is 2.14. The Balaban J connectivity index is 1.93. The fraction of sp³-hybridized carbons (Fsp3) is 0.167. The number of hydrogen-bond donors (Lipinski definition) is 1. The van der Waals surface area contributed by atoms with Gasteiger partial charge < -0.3 is 10.2 Å². The van der Waals surface area contributed by atoms with Crippen LogP contribution >= 0.6 is 15.9 Å². The second-order valence-corrected chi connectivity index (χ2v) is 6.70. The van der Waals surface area contributed by atoms with Crippen LogP contribution in [0.2, 0.25) is 0 Å². The fourth-order valence-corrected chi connectivity index (χ4v) is 2.79. The minimum atomic E-state index is -0.308. The third-order valence-electron chi connectivity index (χ3n) is 3.69. The summed E-state index contributed by atoms with van der Waals surface area (Å²) in [5, 5.41) is 8.43. The van der Waals surface area contributed by atoms with Crippen molar-refractivity contribution in [3.63, 3.8) is 0 Å². The van der Waals surface area contributed by atoms with Gasteiger partial charge in [0.2, 0.25) is 5.91 Å². The second-order valence-electron chi connectivity index (χ2n) is 5.78. The van der Waals surface area contributed by atoms with E-state index in [1.54, 1.807) is 24.3 Å². The number of anilines is 2. The van der Waals surface area contributed by atoms with Crippen LogP contribution in [0.15, 0.2) is 57.8 Å². The molecule has 0 radical (unpaired) electrons. The van der Waals surface area contributed by atoms with Gasteiger partial charge in [-0.25, -0.2) is 4.68 Å². The van der Waals surface area contributed by atoms with Crippen molar-refractivity contribution in [2.45, 2.75) is 6.54 Å². The van der Waals surface area contributed by atoms with Crippen LogP contribution in [0.5, 0.6) is 0 Å². The molecule has 3 aromatic rings. The number of halogens is 1. The lowest BCUT2D eigenvalue weighted by molar-refractivity contribution is -0.117. The molecule has 0 unspecified atom stereocenters. The van der Waals surface area contributed by atoms with Crippen molar-refractivity contribution in [3.05, 3.63) is 63.4 Å². The van der Waals surface area contributed by atoms with E-state index in [0.29, 0.717) is 16.9 Å². The topological polar surface area (TPSA) is 67.2 Å². The fourth-order valence-electron chi connectivity index (χ4n) is 2.52. The van der Waals surface area contributed by atoms with Crippen LogP contribution in [-0.2, 0) is 11.3 Å². The molecular formula is C18H17BrN4O2. The van der Waals surface area contributed by atoms with Crippen molar-refractivity contribution >= 4 is 44.1 Å². The smallest absolute Gasteiger partial charge is 0.275 e. The molecule has 3 rings (SSSR count). The lowest BCUT2D eigenvalue weighted by Crippen LogP contribution is -2.31. The largest absolute Gasteiger partial charge is 0.361 e. The molecule has 7 heteroatoms. The first kappa shape index (κ1) is 17.2. The SMILES string of the molecule is CN(C)c1nn(CC(=O)Nc2ccc(Br)cc2)c(=O)c2ccccc12. The maximum Gasteiger partial charge on any atom is 0.275 e. The molecule has 1 heterocycles. The first-order chi connectivity index (χ1) is 12.0. The van der Waals surface area contributed by atoms with Gasteiger partial charge in [0.05, 0.1) is 5.39 Å². The highest BCUT2D eigenvalue weighted by Crippen LogP contribution is 2.20. The third kappa shape index (κ3) is 3.71. The summed E-state index contributed by atoms with van der Waals surface area (Å²) >= 11 is 3.35. The van der Waals surface area contributed by atoms with Gasteiger partial charge in [-0.05, 0) is 30.3 Å². The molecule has 0 fully saturated rings. The Labute approximate surface area is 153 Å². The van der Waals surface area contributed by atoms with Gasteiger partial charge in [0.25, 0.3) is 5.56 Å². The Morgan fingerprint density at radius 3 is 2.40 bits per heavy atom. The number of aromatic nitrogens is 2. The molecular weight excluding hydrogens is 384 g/mol. The van der Waals surface area contributed by atoms with Crippen LogP contribution in [0.25, 0.3) is 10.8 Å². The Kier molecular flexibility index (Phi) is 4.85. The zero-order chi connectivity index (χ0) is 18.0. The number of amides is 1. The highest BCUT2D eigenvalue weighted by atomic mass is 79.9. The van der Waals surface area contributed by atoms with E-state index in [1.165, 1.54) is 4.68 Å². The number of carbonyl (C=O) groups excluding carboxylic acids is 1. The maximum absolute atomic E-state index is 12.6. The molecule has 1 N–H and O–H groups in total. The summed E-state index contributed by atoms with van der Waals surface area (Å²) in [6, 6.07) is 14.5. The Hall–Kier alpha value is -2.67. The van der Waals surface area contributed by atoms with Gasteiger partial charge in [-0.2, -0.15) is 5.10 Å². The second kappa shape index (κ2) is 7.06. The molecule has 0 saturated carbocycles. The van der Waals surface area contributed by atoms with Crippen LogP contribution in [-0.4, -0.2) is 29.8 Å². The number of nitrogens with zero attached hydrogens (tertiary/aromatic N) is 3. The van der Waals surface area contributed by atoms with Crippen molar-refractivity contribution in [2.24, 2.45) is 0 Å². The number of rotatable bonds is 4. The first-order valence-corrected chi connectivity index (χ1v) is 8.47. The normalized spacial score (nSPS) is 10.7. The van der Waals surface area contributed by atoms with Crippen molar-refractivity contribution < 1.29 is 4.79 Å². The van der Waals surface area contributed by atoms with Crippen molar-refractivity contribution in [1.29, 1.82) is 0 Å². The molecule has 6 nitrogen and oxygen atoms in total. The van der Waals surface area contributed by atoms with E-state index in [2.05, 4.69) is 26.3 Å². The number of nitrogens with one attached hydrogen (secondary N) is 1. The van der Waals surface area contributed by atoms with Crippen molar-refractivity contribution in [2.75, 3.05) is 24.3 Å². The number of benzene rings is 2. The maximum atomic E-state index is 12.6. The van der Waals surface area contributed by atoms with Crippen LogP contribution < -0.4 is 15.8 Å². The summed E-state index contributed by atoms with van der Waals surface area (Å²) in [7, 11) is 3.71. The van der Waals surface area contributed by atoms with Gasteiger partial charge in [-0.15, -0.1) is 0 Å². The first-order valence-electron chi connectivity index (χ1n) is 7.68. The lowest BCUT2D eigenvalue weighted by atomic mass is 10.2. The molecule has 128 valence electrons. The van der Waals surface area contributed by atoms with E-state index in [9.17, 15) is 9.59 Å². The predicted molar refractivity (Wildman–Crippen MR) is 103 cm³/mol. The van der Waals surface area contributed by atoms with Gasteiger partial charge >= 0.3 is 0 Å². The molecule has 2 aromatic carbocycles. The Morgan fingerprint density at radius 1 is 1.12 bits per heavy atom. The summed E-state index contributed by atoms with van der Waals surface area (Å²) in [5.74, 6) is 0.337. The van der Waals surface area contributed by atoms with E-state index in [0.717, 1.165) is 9.86 Å². The van der Waals surface area contributed by atoms with Crippen LogP contribution in [0, 0.1) is 0 Å². The predicted octanol–water partition coefficient (Wildman–Crippen LogP) is 2.86. The molecule has 0 aliphatic heterocycles. The summed E-state index contributed by atoms with van der Waals surface area (Å²) in [4.78, 5) is 26.8. The molecule has 0 saturated heterocycles. The number of hydrogen-bond acceptors (Lipinski definition) is 4. The molecule has 0 spiro atoms. The minimum Gasteiger partial charge on any atom is -0.361 e. The Morgan fingerprint density at radius 2 is 1.76 bits per heavy atom. The molecule has 0 bridgehead atoms. The van der Waals surface area contributed by atoms with Gasteiger partial charge in [-0.3, -0.25) is 9.59 Å². The number of fused-ring (bicyclic) bond motifs is 1. The monoisotopic (exact) mass is 400 g/mol. The minimum absolute atomic E-state index is 0.152. The highest BCUT2D eigenvalue weighted by molar-refractivity contribution is 9.10. The average molecular weight is 401 g/mol. The van der Waals surface area contributed by atoms with Crippen LogP contribution in [0.4, 0.5) is 11.5 Å². The summed E-state index contributed by atoms with van der Waals surface area (Å²) in [6.07, 6.45) is 0. The van der Waals surface area contributed by atoms with E-state index in [4.69, 9.17) is 0 Å². The standard InChI is InChI=1S/C18H17BrN4O2/c1-22(2)17-14-5-3-4-6-15(14)18(25)23(21-17)11-16(24)20-13-9-7-12(19)8-10-13/h3-10H,11H2,1-2H3,(H,20,24). The zero-order valence-corrected chi connectivity index (χ0v) is 15.4. The zero-order valence-electron chi connectivity index (χ0n) is 13.9. The molecule has 1 amide bonds. The molecule has 25 heavy (non-hydrogen) atoms. The average Bonchev–Trinajstić information content (AvgIpc) is 2.59. The summed E-state index contributed by atoms with van der Waals surface area (Å²) < 4.78 is 2.12. The van der Waals surface area contributed by atoms with Gasteiger partial charge in [0.15, 0.2) is 5.82 Å². The molecule has 0 atom stereocenters.